The number of aromatic hydroxyl groups is 1. The van der Waals surface area contributed by atoms with E-state index in [2.05, 4.69) is 4.99 Å². The first-order valence-corrected chi connectivity index (χ1v) is 3.08. The van der Waals surface area contributed by atoms with Crippen LogP contribution >= 0.6 is 0 Å². The fourth-order valence-corrected chi connectivity index (χ4v) is 0.777. The minimum atomic E-state index is -0.0944. The molecule has 1 aromatic rings. The number of rotatable bonds is 1. The van der Waals surface area contributed by atoms with Crippen molar-refractivity contribution < 1.29 is 9.90 Å². The van der Waals surface area contributed by atoms with Crippen molar-refractivity contribution in [1.29, 1.82) is 5.26 Å². The van der Waals surface area contributed by atoms with Crippen LogP contribution in [-0.4, -0.2) is 11.2 Å². The topological polar surface area (TPSA) is 73.4 Å². The molecule has 1 aromatic carbocycles. The van der Waals surface area contributed by atoms with Crippen LogP contribution in [0.25, 0.3) is 0 Å². The van der Waals surface area contributed by atoms with Crippen molar-refractivity contribution in [3.63, 3.8) is 0 Å². The molecule has 4 nitrogen and oxygen atoms in total. The van der Waals surface area contributed by atoms with Gasteiger partial charge in [0, 0.05) is 6.07 Å². The SMILES string of the molecule is N#Cc1cc(O)cc(N=C=O)c1. The van der Waals surface area contributed by atoms with Crippen LogP contribution in [0.2, 0.25) is 0 Å². The van der Waals surface area contributed by atoms with Gasteiger partial charge >= 0.3 is 0 Å². The van der Waals surface area contributed by atoms with Crippen LogP contribution in [0.3, 0.4) is 0 Å². The van der Waals surface area contributed by atoms with Gasteiger partial charge in [0.25, 0.3) is 0 Å². The standard InChI is InChI=1S/C8H4N2O2/c9-4-6-1-7(10-5-11)3-8(12)2-6/h1-3,12H. The van der Waals surface area contributed by atoms with Gasteiger partial charge in [0.15, 0.2) is 0 Å². The van der Waals surface area contributed by atoms with Gasteiger partial charge in [-0.3, -0.25) is 0 Å². The van der Waals surface area contributed by atoms with Gasteiger partial charge in [-0.15, -0.1) is 0 Å². The average molecular weight is 160 g/mol. The second-order valence-corrected chi connectivity index (χ2v) is 2.05. The predicted octanol–water partition coefficient (Wildman–Crippen LogP) is 1.23. The quantitative estimate of drug-likeness (QED) is 0.496. The molecule has 0 saturated heterocycles. The highest BCUT2D eigenvalue weighted by atomic mass is 16.3. The van der Waals surface area contributed by atoms with Crippen molar-refractivity contribution in [1.82, 2.24) is 0 Å². The number of hydrogen-bond donors (Lipinski definition) is 1. The molecule has 0 aliphatic carbocycles. The normalized spacial score (nSPS) is 8.25. The monoisotopic (exact) mass is 160 g/mol. The lowest BCUT2D eigenvalue weighted by molar-refractivity contribution is 0.475. The molecule has 0 radical (unpaired) electrons. The molecule has 0 amide bonds. The molecule has 0 heterocycles. The highest BCUT2D eigenvalue weighted by molar-refractivity contribution is 5.55. The molecule has 0 aromatic heterocycles. The van der Waals surface area contributed by atoms with E-state index in [1.807, 2.05) is 6.07 Å². The highest BCUT2D eigenvalue weighted by Gasteiger charge is 1.97. The van der Waals surface area contributed by atoms with Gasteiger partial charge in [-0.2, -0.15) is 10.3 Å². The Morgan fingerprint density at radius 1 is 1.42 bits per heavy atom. The number of phenolic OH excluding ortho intramolecular Hbond substituents is 1. The molecule has 1 N–H and O–H groups in total. The Kier molecular flexibility index (Phi) is 2.22. The third kappa shape index (κ3) is 1.69. The summed E-state index contributed by atoms with van der Waals surface area (Å²) in [5.74, 6) is -0.0944. The molecule has 0 aliphatic heterocycles. The van der Waals surface area contributed by atoms with Crippen molar-refractivity contribution in [2.24, 2.45) is 4.99 Å². The van der Waals surface area contributed by atoms with Crippen molar-refractivity contribution in [2.75, 3.05) is 0 Å². The molecule has 4 heteroatoms. The van der Waals surface area contributed by atoms with Gasteiger partial charge in [-0.05, 0) is 12.1 Å². The van der Waals surface area contributed by atoms with E-state index in [1.54, 1.807) is 0 Å². The number of carbonyl (C=O) groups excluding carboxylic acids is 1. The van der Waals surface area contributed by atoms with Crippen molar-refractivity contribution in [3.8, 4) is 11.8 Å². The number of hydrogen-bond acceptors (Lipinski definition) is 4. The van der Waals surface area contributed by atoms with Crippen LogP contribution in [0, 0.1) is 11.3 Å². The summed E-state index contributed by atoms with van der Waals surface area (Å²) in [7, 11) is 0. The van der Waals surface area contributed by atoms with E-state index in [-0.39, 0.29) is 17.0 Å². The average Bonchev–Trinajstić information content (AvgIpc) is 2.04. The van der Waals surface area contributed by atoms with Crippen molar-refractivity contribution >= 4 is 11.8 Å². The fourth-order valence-electron chi connectivity index (χ4n) is 0.777. The smallest absolute Gasteiger partial charge is 0.240 e. The Morgan fingerprint density at radius 3 is 2.75 bits per heavy atom. The molecular formula is C8H4N2O2. The van der Waals surface area contributed by atoms with Crippen molar-refractivity contribution in [2.45, 2.75) is 0 Å². The third-order valence-corrected chi connectivity index (χ3v) is 1.21. The Labute approximate surface area is 68.4 Å². The maximum Gasteiger partial charge on any atom is 0.240 e. The molecule has 0 aliphatic rings. The predicted molar refractivity (Wildman–Crippen MR) is 40.6 cm³/mol. The summed E-state index contributed by atoms with van der Waals surface area (Å²) in [6.45, 7) is 0. The van der Waals surface area contributed by atoms with Gasteiger partial charge in [0.1, 0.15) is 5.75 Å². The first kappa shape index (κ1) is 7.99. The minimum Gasteiger partial charge on any atom is -0.508 e. The van der Waals surface area contributed by atoms with Gasteiger partial charge in [-0.1, -0.05) is 0 Å². The molecule has 12 heavy (non-hydrogen) atoms. The second kappa shape index (κ2) is 3.33. The van der Waals surface area contributed by atoms with E-state index < -0.39 is 0 Å². The Balaban J connectivity index is 3.25. The Morgan fingerprint density at radius 2 is 2.17 bits per heavy atom. The van der Waals surface area contributed by atoms with E-state index in [0.29, 0.717) is 0 Å². The number of aliphatic imine (C=N–C) groups is 1. The Bertz CT molecular complexity index is 387. The van der Waals surface area contributed by atoms with Gasteiger partial charge in [0.2, 0.25) is 6.08 Å². The lowest BCUT2D eigenvalue weighted by atomic mass is 10.2. The van der Waals surface area contributed by atoms with Crippen LogP contribution in [0.1, 0.15) is 5.56 Å². The summed E-state index contributed by atoms with van der Waals surface area (Å²) in [5.41, 5.74) is 0.477. The summed E-state index contributed by atoms with van der Waals surface area (Å²) >= 11 is 0. The molecule has 0 bridgehead atoms. The molecule has 1 rings (SSSR count). The summed E-state index contributed by atoms with van der Waals surface area (Å²) in [6, 6.07) is 5.75. The summed E-state index contributed by atoms with van der Waals surface area (Å²) < 4.78 is 0. The molecule has 0 spiro atoms. The molecule has 0 unspecified atom stereocenters. The van der Waals surface area contributed by atoms with Gasteiger partial charge < -0.3 is 5.11 Å². The maximum absolute atomic E-state index is 9.83. The lowest BCUT2D eigenvalue weighted by Crippen LogP contribution is -1.73. The zero-order chi connectivity index (χ0) is 8.97. The molecular weight excluding hydrogens is 156 g/mol. The molecule has 58 valence electrons. The van der Waals surface area contributed by atoms with Crippen LogP contribution in [0.4, 0.5) is 5.69 Å². The van der Waals surface area contributed by atoms with Crippen molar-refractivity contribution in [3.05, 3.63) is 23.8 Å². The number of nitriles is 1. The van der Waals surface area contributed by atoms with E-state index in [0.717, 1.165) is 0 Å². The first-order chi connectivity index (χ1) is 5.76. The zero-order valence-electron chi connectivity index (χ0n) is 5.98. The number of phenols is 1. The number of isocyanates is 1. The van der Waals surface area contributed by atoms with Gasteiger partial charge in [0.05, 0.1) is 17.3 Å². The van der Waals surface area contributed by atoms with E-state index >= 15 is 0 Å². The first-order valence-electron chi connectivity index (χ1n) is 3.08. The fraction of sp³-hybridized carbons (Fsp3) is 0. The molecule has 0 fully saturated rings. The van der Waals surface area contributed by atoms with E-state index in [1.165, 1.54) is 24.3 Å². The largest absolute Gasteiger partial charge is 0.508 e. The number of nitrogens with zero attached hydrogens (tertiary/aromatic N) is 2. The minimum absolute atomic E-state index is 0.0944. The highest BCUT2D eigenvalue weighted by Crippen LogP contribution is 2.20. The zero-order valence-corrected chi connectivity index (χ0v) is 5.98. The molecule has 0 atom stereocenters. The lowest BCUT2D eigenvalue weighted by Gasteiger charge is -1.93. The number of benzene rings is 1. The third-order valence-electron chi connectivity index (χ3n) is 1.21. The Hall–Kier alpha value is -2.11. The molecule has 0 saturated carbocycles. The van der Waals surface area contributed by atoms with Crippen LogP contribution in [0.5, 0.6) is 5.75 Å². The van der Waals surface area contributed by atoms with E-state index in [4.69, 9.17) is 10.4 Å². The summed E-state index contributed by atoms with van der Waals surface area (Å²) in [5, 5.41) is 17.5. The van der Waals surface area contributed by atoms with Crippen LogP contribution < -0.4 is 0 Å². The summed E-state index contributed by atoms with van der Waals surface area (Å²) in [6.07, 6.45) is 1.32. The van der Waals surface area contributed by atoms with E-state index in [9.17, 15) is 4.79 Å². The van der Waals surface area contributed by atoms with Crippen LogP contribution in [-0.2, 0) is 4.79 Å². The van der Waals surface area contributed by atoms with Gasteiger partial charge in [-0.25, -0.2) is 4.79 Å². The van der Waals surface area contributed by atoms with Crippen LogP contribution in [0.15, 0.2) is 23.2 Å². The second-order valence-electron chi connectivity index (χ2n) is 2.05. The summed E-state index contributed by atoms with van der Waals surface area (Å²) in [4.78, 5) is 13.1. The maximum atomic E-state index is 9.83.